The van der Waals surface area contributed by atoms with Crippen LogP contribution in [0, 0.1) is 0 Å². The molecule has 0 saturated carbocycles. The molecule has 1 unspecified atom stereocenters. The van der Waals surface area contributed by atoms with Gasteiger partial charge in [0.05, 0.1) is 6.20 Å². The van der Waals surface area contributed by atoms with Crippen molar-refractivity contribution in [2.45, 2.75) is 32.5 Å². The first-order valence-electron chi connectivity index (χ1n) is 7.73. The fourth-order valence-corrected chi connectivity index (χ4v) is 2.91. The number of nitrogens with zero attached hydrogens (tertiary/aromatic N) is 4. The third-order valence-electron chi connectivity index (χ3n) is 3.95. The summed E-state index contributed by atoms with van der Waals surface area (Å²) in [7, 11) is 0. The summed E-state index contributed by atoms with van der Waals surface area (Å²) in [5.41, 5.74) is 2.57. The minimum absolute atomic E-state index is 0. The summed E-state index contributed by atoms with van der Waals surface area (Å²) in [6.07, 6.45) is 9.10. The molecular formula is C16H24ClN5. The number of aromatic nitrogens is 3. The van der Waals surface area contributed by atoms with Gasteiger partial charge in [0.1, 0.15) is 0 Å². The van der Waals surface area contributed by atoms with Gasteiger partial charge in [-0.3, -0.25) is 14.6 Å². The summed E-state index contributed by atoms with van der Waals surface area (Å²) in [6.45, 7) is 7.20. The molecule has 0 aliphatic carbocycles. The van der Waals surface area contributed by atoms with Gasteiger partial charge >= 0.3 is 0 Å². The second-order valence-electron chi connectivity index (χ2n) is 5.59. The summed E-state index contributed by atoms with van der Waals surface area (Å²) >= 11 is 0. The molecule has 0 radical (unpaired) electrons. The average Bonchev–Trinajstić information content (AvgIpc) is 2.96. The topological polar surface area (TPSA) is 46.0 Å². The van der Waals surface area contributed by atoms with Crippen LogP contribution in [0.25, 0.3) is 0 Å². The number of halogens is 1. The smallest absolute Gasteiger partial charge is 0.0534 e. The number of nitrogens with one attached hydrogen (secondary N) is 1. The predicted molar refractivity (Wildman–Crippen MR) is 90.0 cm³/mol. The van der Waals surface area contributed by atoms with E-state index in [2.05, 4.69) is 39.5 Å². The molecule has 1 aliphatic rings. The SMILES string of the molecule is CCCn1cc(CN2CCNCC2c2cccnc2)cn1.Cl. The Morgan fingerprint density at radius 1 is 1.36 bits per heavy atom. The van der Waals surface area contributed by atoms with Crippen LogP contribution in [-0.2, 0) is 13.1 Å². The first-order chi connectivity index (χ1) is 10.4. The Morgan fingerprint density at radius 2 is 2.27 bits per heavy atom. The van der Waals surface area contributed by atoms with Gasteiger partial charge < -0.3 is 5.32 Å². The maximum atomic E-state index is 4.43. The highest BCUT2D eigenvalue weighted by Crippen LogP contribution is 2.23. The van der Waals surface area contributed by atoms with Gasteiger partial charge in [-0.1, -0.05) is 13.0 Å². The second-order valence-corrected chi connectivity index (χ2v) is 5.59. The highest BCUT2D eigenvalue weighted by atomic mass is 35.5. The van der Waals surface area contributed by atoms with Crippen LogP contribution >= 0.6 is 12.4 Å². The lowest BCUT2D eigenvalue weighted by Gasteiger charge is -2.36. The average molecular weight is 322 g/mol. The molecule has 0 amide bonds. The van der Waals surface area contributed by atoms with E-state index in [-0.39, 0.29) is 12.4 Å². The monoisotopic (exact) mass is 321 g/mol. The first kappa shape index (κ1) is 16.9. The van der Waals surface area contributed by atoms with Crippen molar-refractivity contribution in [3.63, 3.8) is 0 Å². The van der Waals surface area contributed by atoms with Gasteiger partial charge in [0.25, 0.3) is 0 Å². The van der Waals surface area contributed by atoms with Gasteiger partial charge in [-0.2, -0.15) is 5.10 Å². The van der Waals surface area contributed by atoms with Crippen LogP contribution in [0.4, 0.5) is 0 Å². The van der Waals surface area contributed by atoms with Crippen molar-refractivity contribution >= 4 is 12.4 Å². The van der Waals surface area contributed by atoms with Crippen LogP contribution < -0.4 is 5.32 Å². The summed E-state index contributed by atoms with van der Waals surface area (Å²) in [5, 5.41) is 7.92. The highest BCUT2D eigenvalue weighted by molar-refractivity contribution is 5.85. The third kappa shape index (κ3) is 4.06. The standard InChI is InChI=1S/C16H23N5.ClH/c1-2-7-21-13-14(9-19-21)12-20-8-6-18-11-16(20)15-4-3-5-17-10-15;/h3-5,9-10,13,16,18H,2,6-8,11-12H2,1H3;1H. The molecule has 1 N–H and O–H groups in total. The minimum atomic E-state index is 0. The van der Waals surface area contributed by atoms with Crippen LogP contribution in [0.2, 0.25) is 0 Å². The fourth-order valence-electron chi connectivity index (χ4n) is 2.91. The second kappa shape index (κ2) is 8.27. The van der Waals surface area contributed by atoms with Gasteiger partial charge in [-0.25, -0.2) is 0 Å². The van der Waals surface area contributed by atoms with E-state index in [1.54, 1.807) is 0 Å². The van der Waals surface area contributed by atoms with Crippen molar-refractivity contribution in [2.24, 2.45) is 0 Å². The van der Waals surface area contributed by atoms with Crippen molar-refractivity contribution in [1.29, 1.82) is 0 Å². The van der Waals surface area contributed by atoms with Crippen LogP contribution in [0.3, 0.4) is 0 Å². The molecule has 0 spiro atoms. The Morgan fingerprint density at radius 3 is 3.05 bits per heavy atom. The number of hydrogen-bond donors (Lipinski definition) is 1. The fraction of sp³-hybridized carbons (Fsp3) is 0.500. The summed E-state index contributed by atoms with van der Waals surface area (Å²) in [4.78, 5) is 6.77. The third-order valence-corrected chi connectivity index (χ3v) is 3.95. The van der Waals surface area contributed by atoms with Gasteiger partial charge in [0, 0.05) is 62.9 Å². The molecule has 1 fully saturated rings. The van der Waals surface area contributed by atoms with Crippen molar-refractivity contribution in [3.8, 4) is 0 Å². The summed E-state index contributed by atoms with van der Waals surface area (Å²) < 4.78 is 2.04. The molecule has 22 heavy (non-hydrogen) atoms. The number of pyridine rings is 1. The summed E-state index contributed by atoms with van der Waals surface area (Å²) in [6, 6.07) is 4.57. The Balaban J connectivity index is 0.00000176. The Hall–Kier alpha value is -1.43. The predicted octanol–water partition coefficient (Wildman–Crippen LogP) is 2.26. The molecule has 120 valence electrons. The van der Waals surface area contributed by atoms with Crippen LogP contribution in [0.15, 0.2) is 36.9 Å². The van der Waals surface area contributed by atoms with E-state index in [1.165, 1.54) is 11.1 Å². The van der Waals surface area contributed by atoms with Gasteiger partial charge in [0.2, 0.25) is 0 Å². The number of hydrogen-bond acceptors (Lipinski definition) is 4. The van der Waals surface area contributed by atoms with E-state index in [0.717, 1.165) is 39.1 Å². The largest absolute Gasteiger partial charge is 0.314 e. The van der Waals surface area contributed by atoms with E-state index in [4.69, 9.17) is 0 Å². The number of rotatable bonds is 5. The Kier molecular flexibility index (Phi) is 6.36. The van der Waals surface area contributed by atoms with Crippen LogP contribution in [-0.4, -0.2) is 39.3 Å². The molecule has 6 heteroatoms. The van der Waals surface area contributed by atoms with Crippen LogP contribution in [0.5, 0.6) is 0 Å². The zero-order chi connectivity index (χ0) is 14.5. The maximum absolute atomic E-state index is 4.43. The lowest BCUT2D eigenvalue weighted by atomic mass is 10.0. The molecule has 0 aromatic carbocycles. The van der Waals surface area contributed by atoms with Gasteiger partial charge in [-0.15, -0.1) is 12.4 Å². The lowest BCUT2D eigenvalue weighted by Crippen LogP contribution is -2.45. The normalized spacial score (nSPS) is 18.9. The minimum Gasteiger partial charge on any atom is -0.314 e. The lowest BCUT2D eigenvalue weighted by molar-refractivity contribution is 0.153. The zero-order valence-corrected chi connectivity index (χ0v) is 13.8. The van der Waals surface area contributed by atoms with E-state index < -0.39 is 0 Å². The molecule has 1 saturated heterocycles. The summed E-state index contributed by atoms with van der Waals surface area (Å²) in [5.74, 6) is 0. The molecule has 2 aromatic heterocycles. The number of piperazine rings is 1. The maximum Gasteiger partial charge on any atom is 0.0534 e. The zero-order valence-electron chi connectivity index (χ0n) is 13.0. The van der Waals surface area contributed by atoms with Crippen molar-refractivity contribution in [3.05, 3.63) is 48.0 Å². The number of aryl methyl sites for hydroxylation is 1. The van der Waals surface area contributed by atoms with E-state index in [0.29, 0.717) is 6.04 Å². The van der Waals surface area contributed by atoms with E-state index in [9.17, 15) is 0 Å². The van der Waals surface area contributed by atoms with Crippen molar-refractivity contribution in [2.75, 3.05) is 19.6 Å². The Labute approximate surface area is 138 Å². The van der Waals surface area contributed by atoms with Gasteiger partial charge in [-0.05, 0) is 18.1 Å². The quantitative estimate of drug-likeness (QED) is 0.917. The first-order valence-corrected chi connectivity index (χ1v) is 7.73. The molecule has 5 nitrogen and oxygen atoms in total. The molecule has 3 heterocycles. The molecular weight excluding hydrogens is 298 g/mol. The van der Waals surface area contributed by atoms with E-state index >= 15 is 0 Å². The molecule has 1 aliphatic heterocycles. The molecule has 0 bridgehead atoms. The van der Waals surface area contributed by atoms with Crippen molar-refractivity contribution in [1.82, 2.24) is 25.0 Å². The molecule has 3 rings (SSSR count). The van der Waals surface area contributed by atoms with E-state index in [1.807, 2.05) is 29.3 Å². The molecule has 1 atom stereocenters. The highest BCUT2D eigenvalue weighted by Gasteiger charge is 2.24. The Bertz CT molecular complexity index is 557. The van der Waals surface area contributed by atoms with Gasteiger partial charge in [0.15, 0.2) is 0 Å². The van der Waals surface area contributed by atoms with Crippen molar-refractivity contribution < 1.29 is 0 Å². The van der Waals surface area contributed by atoms with Crippen LogP contribution in [0.1, 0.15) is 30.5 Å². The molecule has 2 aromatic rings.